The number of aromatic nitrogens is 1. The quantitative estimate of drug-likeness (QED) is 0.169. The number of carboxylic acid groups (broad SMARTS) is 1. The zero-order valence-electron chi connectivity index (χ0n) is 20.5. The van der Waals surface area contributed by atoms with E-state index in [4.69, 9.17) is 5.73 Å². The molecule has 0 bridgehead atoms. The van der Waals surface area contributed by atoms with Crippen molar-refractivity contribution in [1.29, 1.82) is 0 Å². The van der Waals surface area contributed by atoms with E-state index in [1.165, 1.54) is 6.92 Å². The van der Waals surface area contributed by atoms with Crippen LogP contribution in [0, 0.1) is 5.92 Å². The highest BCUT2D eigenvalue weighted by Gasteiger charge is 2.32. The Hall–Kier alpha value is -3.09. The number of aromatic amines is 1. The Morgan fingerprint density at radius 3 is 2.22 bits per heavy atom. The van der Waals surface area contributed by atoms with Crippen molar-refractivity contribution in [1.82, 2.24) is 20.9 Å². The molecule has 6 unspecified atom stereocenters. The van der Waals surface area contributed by atoms with Crippen LogP contribution in [0.4, 0.5) is 0 Å². The number of H-pyrrole nitrogens is 1. The van der Waals surface area contributed by atoms with Crippen LogP contribution in [-0.4, -0.2) is 74.9 Å². The largest absolute Gasteiger partial charge is 0.480 e. The summed E-state index contributed by atoms with van der Waals surface area (Å²) < 4.78 is 0. The van der Waals surface area contributed by atoms with E-state index in [-0.39, 0.29) is 18.1 Å². The van der Waals surface area contributed by atoms with Gasteiger partial charge in [-0.05, 0) is 24.5 Å². The fourth-order valence-corrected chi connectivity index (χ4v) is 3.88. The number of carbonyl (C=O) groups is 4. The van der Waals surface area contributed by atoms with Crippen LogP contribution in [0.15, 0.2) is 30.5 Å². The summed E-state index contributed by atoms with van der Waals surface area (Å²) in [4.78, 5) is 53.2. The number of fused-ring (bicyclic) bond motifs is 1. The smallest absolute Gasteiger partial charge is 0.328 e. The summed E-state index contributed by atoms with van der Waals surface area (Å²) in [5.74, 6) is -3.69. The van der Waals surface area contributed by atoms with Crippen molar-refractivity contribution in [2.24, 2.45) is 11.7 Å². The fourth-order valence-electron chi connectivity index (χ4n) is 3.62. The predicted molar refractivity (Wildman–Crippen MR) is 138 cm³/mol. The number of carbonyl (C=O) groups excluding carboxylic acids is 3. The molecule has 0 aliphatic rings. The van der Waals surface area contributed by atoms with Gasteiger partial charge in [-0.25, -0.2) is 4.79 Å². The van der Waals surface area contributed by atoms with Crippen molar-refractivity contribution in [2.75, 3.05) is 5.75 Å². The Bertz CT molecular complexity index is 1070. The maximum atomic E-state index is 13.3. The van der Waals surface area contributed by atoms with E-state index >= 15 is 0 Å². The lowest BCUT2D eigenvalue weighted by Crippen LogP contribution is -2.59. The normalized spacial score (nSPS) is 16.3. The van der Waals surface area contributed by atoms with Crippen LogP contribution >= 0.6 is 12.6 Å². The molecule has 198 valence electrons. The molecule has 2 rings (SSSR count). The van der Waals surface area contributed by atoms with E-state index in [0.717, 1.165) is 16.5 Å². The van der Waals surface area contributed by atoms with E-state index in [1.807, 2.05) is 38.1 Å². The molecular formula is C24H35N5O6S. The molecule has 36 heavy (non-hydrogen) atoms. The molecule has 3 amide bonds. The lowest BCUT2D eigenvalue weighted by molar-refractivity contribution is -0.145. The molecule has 11 nitrogen and oxygen atoms in total. The first-order valence-corrected chi connectivity index (χ1v) is 12.4. The molecule has 0 aliphatic carbocycles. The number of aliphatic hydroxyl groups is 1. The Balaban J connectivity index is 2.26. The minimum absolute atomic E-state index is 0.112. The van der Waals surface area contributed by atoms with Crippen LogP contribution in [0.25, 0.3) is 10.9 Å². The number of para-hydroxylation sites is 1. The third kappa shape index (κ3) is 7.45. The SMILES string of the molecule is CCC(C)C(N)C(=O)NC(Cc1c[nH]c2ccccc12)C(=O)NC(CS)C(=O)NC(C(=O)O)C(C)O. The van der Waals surface area contributed by atoms with Crippen molar-refractivity contribution in [3.8, 4) is 0 Å². The summed E-state index contributed by atoms with van der Waals surface area (Å²) in [6.45, 7) is 4.96. The highest BCUT2D eigenvalue weighted by atomic mass is 32.1. The van der Waals surface area contributed by atoms with E-state index in [2.05, 4.69) is 33.6 Å². The molecular weight excluding hydrogens is 486 g/mol. The van der Waals surface area contributed by atoms with Crippen LogP contribution < -0.4 is 21.7 Å². The fraction of sp³-hybridized carbons (Fsp3) is 0.500. The molecule has 0 spiro atoms. The molecule has 0 radical (unpaired) electrons. The number of aliphatic carboxylic acids is 1. The minimum Gasteiger partial charge on any atom is -0.480 e. The molecule has 1 aromatic carbocycles. The molecule has 6 atom stereocenters. The van der Waals surface area contributed by atoms with Crippen molar-refractivity contribution in [3.63, 3.8) is 0 Å². The summed E-state index contributed by atoms with van der Waals surface area (Å²) in [6, 6.07) is 2.80. The third-order valence-electron chi connectivity index (χ3n) is 6.15. The van der Waals surface area contributed by atoms with Crippen molar-refractivity contribution >= 4 is 47.2 Å². The number of nitrogens with one attached hydrogen (secondary N) is 4. The topological polar surface area (TPSA) is 187 Å². The highest BCUT2D eigenvalue weighted by molar-refractivity contribution is 7.80. The number of carboxylic acids is 1. The summed E-state index contributed by atoms with van der Waals surface area (Å²) in [5, 5.41) is 27.2. The lowest BCUT2D eigenvalue weighted by Gasteiger charge is -2.26. The third-order valence-corrected chi connectivity index (χ3v) is 6.52. The average molecular weight is 522 g/mol. The predicted octanol–water partition coefficient (Wildman–Crippen LogP) is -0.0666. The van der Waals surface area contributed by atoms with Crippen LogP contribution in [0.5, 0.6) is 0 Å². The molecule has 1 aromatic heterocycles. The molecule has 0 aliphatic heterocycles. The first-order chi connectivity index (χ1) is 17.0. The average Bonchev–Trinajstić information content (AvgIpc) is 3.26. The van der Waals surface area contributed by atoms with Gasteiger partial charge < -0.3 is 36.9 Å². The highest BCUT2D eigenvalue weighted by Crippen LogP contribution is 2.19. The van der Waals surface area contributed by atoms with Crippen LogP contribution in [-0.2, 0) is 25.6 Å². The summed E-state index contributed by atoms with van der Waals surface area (Å²) in [7, 11) is 0. The van der Waals surface area contributed by atoms with Gasteiger partial charge in [0, 0.05) is 29.3 Å². The van der Waals surface area contributed by atoms with Gasteiger partial charge in [0.1, 0.15) is 12.1 Å². The summed E-state index contributed by atoms with van der Waals surface area (Å²) >= 11 is 4.11. The minimum atomic E-state index is -1.56. The van der Waals surface area contributed by atoms with E-state index in [0.29, 0.717) is 6.42 Å². The Morgan fingerprint density at radius 2 is 1.64 bits per heavy atom. The Kier molecular flexibility index (Phi) is 10.8. The van der Waals surface area contributed by atoms with Gasteiger partial charge in [-0.2, -0.15) is 12.6 Å². The molecule has 0 saturated carbocycles. The molecule has 0 fully saturated rings. The second kappa shape index (κ2) is 13.3. The van der Waals surface area contributed by atoms with Crippen LogP contribution in [0.2, 0.25) is 0 Å². The monoisotopic (exact) mass is 521 g/mol. The van der Waals surface area contributed by atoms with Crippen molar-refractivity contribution in [2.45, 2.75) is 63.9 Å². The lowest BCUT2D eigenvalue weighted by atomic mass is 9.98. The van der Waals surface area contributed by atoms with Crippen molar-refractivity contribution < 1.29 is 29.4 Å². The summed E-state index contributed by atoms with van der Waals surface area (Å²) in [6.07, 6.45) is 1.17. The van der Waals surface area contributed by atoms with Crippen LogP contribution in [0.1, 0.15) is 32.8 Å². The van der Waals surface area contributed by atoms with Crippen LogP contribution in [0.3, 0.4) is 0 Å². The van der Waals surface area contributed by atoms with Gasteiger partial charge in [0.2, 0.25) is 17.7 Å². The van der Waals surface area contributed by atoms with Gasteiger partial charge in [0.05, 0.1) is 12.1 Å². The number of amides is 3. The zero-order valence-corrected chi connectivity index (χ0v) is 21.4. The van der Waals surface area contributed by atoms with E-state index in [1.54, 1.807) is 6.20 Å². The number of thiol groups is 1. The second-order valence-electron chi connectivity index (χ2n) is 8.84. The Labute approximate surface area is 215 Å². The molecule has 12 heteroatoms. The molecule has 1 heterocycles. The van der Waals surface area contributed by atoms with Crippen molar-refractivity contribution in [3.05, 3.63) is 36.0 Å². The Morgan fingerprint density at radius 1 is 1.03 bits per heavy atom. The number of hydrogen-bond acceptors (Lipinski definition) is 7. The first-order valence-electron chi connectivity index (χ1n) is 11.7. The second-order valence-corrected chi connectivity index (χ2v) is 9.21. The maximum absolute atomic E-state index is 13.3. The number of aliphatic hydroxyl groups excluding tert-OH is 1. The van der Waals surface area contributed by atoms with Gasteiger partial charge in [0.25, 0.3) is 0 Å². The van der Waals surface area contributed by atoms with Gasteiger partial charge in [-0.15, -0.1) is 0 Å². The first kappa shape index (κ1) is 29.1. The summed E-state index contributed by atoms with van der Waals surface area (Å²) in [5.41, 5.74) is 7.70. The number of benzene rings is 1. The molecule has 8 N–H and O–H groups in total. The number of nitrogens with two attached hydrogens (primary N) is 1. The molecule has 0 saturated heterocycles. The standard InChI is InChI=1S/C24H35N5O6S/c1-4-12(2)19(25)23(33)27-17(9-14-10-26-16-8-6-5-7-15(14)16)21(31)28-18(11-36)22(32)29-20(13(3)30)24(34)35/h5-8,10,12-13,17-20,26,30,36H,4,9,11,25H2,1-3H3,(H,27,33)(H,28,31)(H,29,32)(H,34,35). The van der Waals surface area contributed by atoms with E-state index < -0.39 is 54.0 Å². The maximum Gasteiger partial charge on any atom is 0.328 e. The molecule has 2 aromatic rings. The van der Waals surface area contributed by atoms with Gasteiger partial charge >= 0.3 is 5.97 Å². The number of rotatable bonds is 13. The zero-order chi connectivity index (χ0) is 27.0. The number of hydrogen-bond donors (Lipinski definition) is 8. The van der Waals surface area contributed by atoms with E-state index in [9.17, 15) is 29.4 Å². The van der Waals surface area contributed by atoms with Gasteiger partial charge in [-0.1, -0.05) is 38.5 Å². The van der Waals surface area contributed by atoms with Gasteiger partial charge in [0.15, 0.2) is 6.04 Å². The van der Waals surface area contributed by atoms with Gasteiger partial charge in [-0.3, -0.25) is 14.4 Å².